The Morgan fingerprint density at radius 3 is 2.13 bits per heavy atom. The van der Waals surface area contributed by atoms with Gasteiger partial charge in [-0.2, -0.15) is 0 Å². The molecule has 0 saturated heterocycles. The predicted octanol–water partition coefficient (Wildman–Crippen LogP) is 4.27. The Bertz CT molecular complexity index is 762. The van der Waals surface area contributed by atoms with E-state index in [1.54, 1.807) is 0 Å². The summed E-state index contributed by atoms with van der Waals surface area (Å²) in [5.74, 6) is -0.218. The first-order chi connectivity index (χ1) is 10.8. The van der Waals surface area contributed by atoms with Crippen LogP contribution < -0.4 is 5.32 Å². The van der Waals surface area contributed by atoms with E-state index < -0.39 is 0 Å². The normalized spacial score (nSPS) is 10.7. The number of H-pyrrole nitrogens is 1. The fraction of sp³-hybridized carbons (Fsp3) is 0.368. The second-order valence-electron chi connectivity index (χ2n) is 6.12. The van der Waals surface area contributed by atoms with E-state index in [1.165, 1.54) is 12.5 Å². The first kappa shape index (κ1) is 17.0. The van der Waals surface area contributed by atoms with Crippen molar-refractivity contribution in [1.29, 1.82) is 0 Å². The first-order valence-electron chi connectivity index (χ1n) is 7.87. The van der Waals surface area contributed by atoms with Crippen molar-refractivity contribution in [3.63, 3.8) is 0 Å². The Balaban J connectivity index is 2.43. The molecule has 0 atom stereocenters. The molecule has 1 aromatic carbocycles. The minimum absolute atomic E-state index is 0.0163. The van der Waals surface area contributed by atoms with Crippen LogP contribution in [0, 0.1) is 27.7 Å². The van der Waals surface area contributed by atoms with Crippen LogP contribution in [0.5, 0.6) is 0 Å². The number of aryl methyl sites for hydroxylation is 4. The molecular formula is C19H24N2O2. The van der Waals surface area contributed by atoms with Gasteiger partial charge in [-0.3, -0.25) is 9.59 Å². The molecule has 2 aromatic rings. The molecule has 0 bridgehead atoms. The van der Waals surface area contributed by atoms with E-state index in [-0.39, 0.29) is 11.7 Å². The minimum atomic E-state index is -0.201. The lowest BCUT2D eigenvalue weighted by molar-refractivity contribution is 0.101. The number of carbonyl (C=O) groups excluding carboxylic acids is 2. The SMILES string of the molecule is CCc1c(C(=O)Nc2c(C)cc(C)cc2C)[nH]c(C)c1C(C)=O. The quantitative estimate of drug-likeness (QED) is 0.828. The van der Waals surface area contributed by atoms with Gasteiger partial charge in [-0.15, -0.1) is 0 Å². The van der Waals surface area contributed by atoms with Crippen LogP contribution in [-0.2, 0) is 6.42 Å². The van der Waals surface area contributed by atoms with Gasteiger partial charge in [-0.1, -0.05) is 24.6 Å². The molecule has 4 nitrogen and oxygen atoms in total. The molecule has 0 unspecified atom stereocenters. The average Bonchev–Trinajstić information content (AvgIpc) is 2.79. The number of aromatic amines is 1. The summed E-state index contributed by atoms with van der Waals surface area (Å²) in [5.41, 5.74) is 6.71. The van der Waals surface area contributed by atoms with Gasteiger partial charge in [0.1, 0.15) is 5.69 Å². The molecule has 23 heavy (non-hydrogen) atoms. The molecule has 0 radical (unpaired) electrons. The largest absolute Gasteiger partial charge is 0.354 e. The van der Waals surface area contributed by atoms with Crippen LogP contribution in [0.3, 0.4) is 0 Å². The molecule has 2 rings (SSSR count). The predicted molar refractivity (Wildman–Crippen MR) is 93.5 cm³/mol. The van der Waals surface area contributed by atoms with Gasteiger partial charge >= 0.3 is 0 Å². The van der Waals surface area contributed by atoms with Crippen molar-refractivity contribution in [1.82, 2.24) is 4.98 Å². The molecule has 0 aliphatic heterocycles. The Kier molecular flexibility index (Phi) is 4.73. The van der Waals surface area contributed by atoms with Crippen molar-refractivity contribution in [3.05, 3.63) is 51.3 Å². The molecule has 1 amide bonds. The average molecular weight is 312 g/mol. The van der Waals surface area contributed by atoms with Gasteiger partial charge < -0.3 is 10.3 Å². The van der Waals surface area contributed by atoms with E-state index in [9.17, 15) is 9.59 Å². The van der Waals surface area contributed by atoms with Gasteiger partial charge in [-0.05, 0) is 57.7 Å². The van der Waals surface area contributed by atoms with Crippen molar-refractivity contribution in [2.24, 2.45) is 0 Å². The number of hydrogen-bond acceptors (Lipinski definition) is 2. The van der Waals surface area contributed by atoms with E-state index >= 15 is 0 Å². The highest BCUT2D eigenvalue weighted by Crippen LogP contribution is 2.25. The second kappa shape index (κ2) is 6.41. The summed E-state index contributed by atoms with van der Waals surface area (Å²) in [6, 6.07) is 4.09. The molecule has 1 aromatic heterocycles. The van der Waals surface area contributed by atoms with Crippen LogP contribution in [0.2, 0.25) is 0 Å². The van der Waals surface area contributed by atoms with Crippen LogP contribution in [0.1, 0.15) is 62.6 Å². The van der Waals surface area contributed by atoms with Crippen LogP contribution >= 0.6 is 0 Å². The van der Waals surface area contributed by atoms with Crippen LogP contribution in [0.4, 0.5) is 5.69 Å². The summed E-state index contributed by atoms with van der Waals surface area (Å²) < 4.78 is 0. The number of nitrogens with one attached hydrogen (secondary N) is 2. The lowest BCUT2D eigenvalue weighted by atomic mass is 10.0. The standard InChI is InChI=1S/C19H24N2O2/c1-7-15-16(14(6)22)13(5)20-18(15)19(23)21-17-11(3)8-10(2)9-12(17)4/h8-9,20H,7H2,1-6H3,(H,21,23). The zero-order valence-electron chi connectivity index (χ0n) is 14.7. The number of amides is 1. The molecule has 0 aliphatic rings. The van der Waals surface area contributed by atoms with Crippen molar-refractivity contribution in [2.75, 3.05) is 5.32 Å². The maximum atomic E-state index is 12.7. The Morgan fingerprint density at radius 2 is 1.65 bits per heavy atom. The van der Waals surface area contributed by atoms with Gasteiger partial charge in [-0.25, -0.2) is 0 Å². The lowest BCUT2D eigenvalue weighted by Gasteiger charge is -2.13. The van der Waals surface area contributed by atoms with Gasteiger partial charge in [0, 0.05) is 16.9 Å². The van der Waals surface area contributed by atoms with Crippen molar-refractivity contribution in [3.8, 4) is 0 Å². The maximum Gasteiger partial charge on any atom is 0.272 e. The monoisotopic (exact) mass is 312 g/mol. The number of ketones is 1. The fourth-order valence-corrected chi connectivity index (χ4v) is 3.25. The highest BCUT2D eigenvalue weighted by atomic mass is 16.2. The molecular weight excluding hydrogens is 288 g/mol. The third-order valence-corrected chi connectivity index (χ3v) is 4.14. The molecule has 1 heterocycles. The summed E-state index contributed by atoms with van der Waals surface area (Å²) in [4.78, 5) is 27.6. The zero-order valence-corrected chi connectivity index (χ0v) is 14.7. The van der Waals surface area contributed by atoms with E-state index in [0.29, 0.717) is 17.7 Å². The van der Waals surface area contributed by atoms with E-state index in [2.05, 4.69) is 10.3 Å². The molecule has 122 valence electrons. The summed E-state index contributed by atoms with van der Waals surface area (Å²) in [6.45, 7) is 11.3. The summed E-state index contributed by atoms with van der Waals surface area (Å²) in [5, 5.41) is 2.99. The second-order valence-corrected chi connectivity index (χ2v) is 6.12. The van der Waals surface area contributed by atoms with Gasteiger partial charge in [0.2, 0.25) is 0 Å². The first-order valence-corrected chi connectivity index (χ1v) is 7.87. The number of anilines is 1. The molecule has 4 heteroatoms. The third kappa shape index (κ3) is 3.21. The van der Waals surface area contributed by atoms with Crippen molar-refractivity contribution >= 4 is 17.4 Å². The third-order valence-electron chi connectivity index (χ3n) is 4.14. The maximum absolute atomic E-state index is 12.7. The Hall–Kier alpha value is -2.36. The Morgan fingerprint density at radius 1 is 1.09 bits per heavy atom. The van der Waals surface area contributed by atoms with E-state index in [1.807, 2.05) is 46.8 Å². The van der Waals surface area contributed by atoms with E-state index in [0.717, 1.165) is 28.1 Å². The summed E-state index contributed by atoms with van der Waals surface area (Å²) in [6.07, 6.45) is 0.633. The molecule has 0 saturated carbocycles. The number of hydrogen-bond donors (Lipinski definition) is 2. The van der Waals surface area contributed by atoms with Crippen LogP contribution in [0.25, 0.3) is 0 Å². The molecule has 2 N–H and O–H groups in total. The number of rotatable bonds is 4. The van der Waals surface area contributed by atoms with Crippen LogP contribution in [-0.4, -0.2) is 16.7 Å². The fourth-order valence-electron chi connectivity index (χ4n) is 3.25. The van der Waals surface area contributed by atoms with Gasteiger partial charge in [0.05, 0.1) is 0 Å². The highest BCUT2D eigenvalue weighted by Gasteiger charge is 2.22. The summed E-state index contributed by atoms with van der Waals surface area (Å²) in [7, 11) is 0. The van der Waals surface area contributed by atoms with Crippen LogP contribution in [0.15, 0.2) is 12.1 Å². The van der Waals surface area contributed by atoms with Gasteiger partial charge in [0.25, 0.3) is 5.91 Å². The molecule has 0 aliphatic carbocycles. The van der Waals surface area contributed by atoms with Crippen molar-refractivity contribution in [2.45, 2.75) is 48.0 Å². The van der Waals surface area contributed by atoms with Gasteiger partial charge in [0.15, 0.2) is 5.78 Å². The number of Topliss-reactive ketones (excluding diaryl/α,β-unsaturated/α-hetero) is 1. The molecule has 0 spiro atoms. The number of carbonyl (C=O) groups is 2. The Labute approximate surface area is 137 Å². The molecule has 0 fully saturated rings. The lowest BCUT2D eigenvalue weighted by Crippen LogP contribution is -2.16. The topological polar surface area (TPSA) is 62.0 Å². The highest BCUT2D eigenvalue weighted by molar-refractivity contribution is 6.08. The van der Waals surface area contributed by atoms with Crippen molar-refractivity contribution < 1.29 is 9.59 Å². The summed E-state index contributed by atoms with van der Waals surface area (Å²) >= 11 is 0. The smallest absolute Gasteiger partial charge is 0.272 e. The number of aromatic nitrogens is 1. The minimum Gasteiger partial charge on any atom is -0.354 e. The number of benzene rings is 1. The zero-order chi connectivity index (χ0) is 17.3. The van der Waals surface area contributed by atoms with E-state index in [4.69, 9.17) is 0 Å².